The van der Waals surface area contributed by atoms with Crippen LogP contribution in [0.3, 0.4) is 0 Å². The summed E-state index contributed by atoms with van der Waals surface area (Å²) in [5.41, 5.74) is 15.2. The fraction of sp³-hybridized carbons (Fsp3) is 0. The fourth-order valence-corrected chi connectivity index (χ4v) is 9.40. The summed E-state index contributed by atoms with van der Waals surface area (Å²) in [5.74, 6) is 0.626. The Morgan fingerprint density at radius 3 is 1.29 bits per heavy atom. The summed E-state index contributed by atoms with van der Waals surface area (Å²) in [6.45, 7) is 0. The zero-order valence-electron chi connectivity index (χ0n) is 32.0. The van der Waals surface area contributed by atoms with Crippen molar-refractivity contribution in [2.45, 2.75) is 0 Å². The molecule has 0 aliphatic heterocycles. The van der Waals surface area contributed by atoms with Gasteiger partial charge in [-0.25, -0.2) is 4.98 Å². The molecule has 11 aromatic rings. The van der Waals surface area contributed by atoms with E-state index in [4.69, 9.17) is 9.40 Å². The molecule has 9 aromatic carbocycles. The van der Waals surface area contributed by atoms with Gasteiger partial charge in [0.25, 0.3) is 0 Å². The molecule has 0 aliphatic carbocycles. The molecule has 2 aromatic heterocycles. The van der Waals surface area contributed by atoms with Crippen molar-refractivity contribution in [2.24, 2.45) is 0 Å². The molecule has 0 saturated carbocycles. The first kappa shape index (κ1) is 34.7. The third kappa shape index (κ3) is 6.46. The van der Waals surface area contributed by atoms with Gasteiger partial charge in [0.15, 0.2) is 5.58 Å². The van der Waals surface area contributed by atoms with Gasteiger partial charge in [0, 0.05) is 48.4 Å². The first-order valence-electron chi connectivity index (χ1n) is 19.9. The van der Waals surface area contributed by atoms with E-state index in [1.807, 2.05) is 41.7 Å². The van der Waals surface area contributed by atoms with Crippen LogP contribution in [0.25, 0.3) is 87.2 Å². The Hall–Kier alpha value is -7.53. The summed E-state index contributed by atoms with van der Waals surface area (Å²) in [4.78, 5) is 7.37. The van der Waals surface area contributed by atoms with E-state index in [0.29, 0.717) is 5.89 Å². The van der Waals surface area contributed by atoms with Crippen molar-refractivity contribution in [3.05, 3.63) is 218 Å². The monoisotopic (exact) mass is 772 g/mol. The minimum Gasteiger partial charge on any atom is -0.435 e. The van der Waals surface area contributed by atoms with E-state index in [2.05, 4.69) is 193 Å². The van der Waals surface area contributed by atoms with E-state index in [1.54, 1.807) is 0 Å². The predicted octanol–water partition coefficient (Wildman–Crippen LogP) is 16.0. The third-order valence-electron chi connectivity index (χ3n) is 11.1. The summed E-state index contributed by atoms with van der Waals surface area (Å²) in [5, 5.41) is 2.43. The van der Waals surface area contributed by atoms with Gasteiger partial charge in [0.05, 0.1) is 0 Å². The molecule has 0 radical (unpaired) electrons. The number of oxazole rings is 1. The van der Waals surface area contributed by atoms with E-state index in [9.17, 15) is 0 Å². The zero-order valence-corrected chi connectivity index (χ0v) is 32.8. The number of fused-ring (bicyclic) bond motifs is 4. The lowest BCUT2D eigenvalue weighted by Crippen LogP contribution is -2.09. The Balaban J connectivity index is 1.00. The Kier molecular flexibility index (Phi) is 8.68. The molecule has 11 rings (SSSR count). The summed E-state index contributed by atoms with van der Waals surface area (Å²) in [6.07, 6.45) is 0. The van der Waals surface area contributed by atoms with E-state index < -0.39 is 0 Å². The molecular weight excluding hydrogens is 737 g/mol. The fourth-order valence-electron chi connectivity index (χ4n) is 8.16. The first-order chi connectivity index (χ1) is 29.2. The molecule has 0 saturated heterocycles. The molecule has 59 heavy (non-hydrogen) atoms. The number of anilines is 3. The SMILES string of the molecule is c1ccc(-c2ccc(-c3ccc(N(c4ccc(-c5ccccc5)cc4)c4ccc(-c5c6oc(-c7ccccc7)nc6cc6c5sc5ccccc56)cc4)cc3)cc2)cc1. The van der Waals surface area contributed by atoms with Crippen LogP contribution in [0.4, 0.5) is 17.1 Å². The van der Waals surface area contributed by atoms with Crippen molar-refractivity contribution in [1.29, 1.82) is 0 Å². The molecule has 0 bridgehead atoms. The van der Waals surface area contributed by atoms with Crippen molar-refractivity contribution in [2.75, 3.05) is 4.90 Å². The Bertz CT molecular complexity index is 3210. The normalized spacial score (nSPS) is 11.4. The highest BCUT2D eigenvalue weighted by Gasteiger charge is 2.21. The minimum atomic E-state index is 0.626. The number of benzene rings is 9. The van der Waals surface area contributed by atoms with Crippen molar-refractivity contribution in [1.82, 2.24) is 4.98 Å². The second kappa shape index (κ2) is 14.8. The quantitative estimate of drug-likeness (QED) is 0.154. The number of hydrogen-bond donors (Lipinski definition) is 0. The lowest BCUT2D eigenvalue weighted by Gasteiger charge is -2.26. The van der Waals surface area contributed by atoms with Gasteiger partial charge in [-0.05, 0) is 99.6 Å². The maximum atomic E-state index is 6.67. The molecule has 0 N–H and O–H groups in total. The third-order valence-corrected chi connectivity index (χ3v) is 12.3. The van der Waals surface area contributed by atoms with Gasteiger partial charge in [-0.3, -0.25) is 0 Å². The van der Waals surface area contributed by atoms with Gasteiger partial charge in [0.2, 0.25) is 5.89 Å². The summed E-state index contributed by atoms with van der Waals surface area (Å²) in [7, 11) is 0. The van der Waals surface area contributed by atoms with Gasteiger partial charge < -0.3 is 9.32 Å². The summed E-state index contributed by atoms with van der Waals surface area (Å²) < 4.78 is 9.11. The maximum absolute atomic E-state index is 6.67. The molecule has 0 spiro atoms. The van der Waals surface area contributed by atoms with Gasteiger partial charge in [-0.15, -0.1) is 11.3 Å². The van der Waals surface area contributed by atoms with E-state index in [1.165, 1.54) is 53.6 Å². The van der Waals surface area contributed by atoms with E-state index in [0.717, 1.165) is 44.9 Å². The molecule has 0 unspecified atom stereocenters. The molecule has 3 nitrogen and oxygen atoms in total. The highest BCUT2D eigenvalue weighted by molar-refractivity contribution is 7.26. The molecule has 0 aliphatic rings. The average molecular weight is 773 g/mol. The molecule has 0 amide bonds. The van der Waals surface area contributed by atoms with Crippen LogP contribution in [-0.2, 0) is 0 Å². The molecule has 2 heterocycles. The molecule has 278 valence electrons. The van der Waals surface area contributed by atoms with Gasteiger partial charge >= 0.3 is 0 Å². The molecular formula is C55H36N2OS. The topological polar surface area (TPSA) is 29.3 Å². The Labute approximate surface area is 346 Å². The maximum Gasteiger partial charge on any atom is 0.227 e. The van der Waals surface area contributed by atoms with Crippen molar-refractivity contribution in [3.63, 3.8) is 0 Å². The smallest absolute Gasteiger partial charge is 0.227 e. The van der Waals surface area contributed by atoms with Crippen LogP contribution in [0, 0.1) is 0 Å². The summed E-state index contributed by atoms with van der Waals surface area (Å²) >= 11 is 1.81. The van der Waals surface area contributed by atoms with Crippen LogP contribution in [0.2, 0.25) is 0 Å². The lowest BCUT2D eigenvalue weighted by atomic mass is 9.99. The number of rotatable bonds is 8. The zero-order chi connectivity index (χ0) is 39.1. The van der Waals surface area contributed by atoms with Crippen LogP contribution in [0.15, 0.2) is 223 Å². The van der Waals surface area contributed by atoms with Crippen LogP contribution < -0.4 is 4.90 Å². The lowest BCUT2D eigenvalue weighted by molar-refractivity contribution is 0.621. The van der Waals surface area contributed by atoms with Gasteiger partial charge in [-0.2, -0.15) is 0 Å². The highest BCUT2D eigenvalue weighted by atomic mass is 32.1. The van der Waals surface area contributed by atoms with Crippen molar-refractivity contribution < 1.29 is 4.42 Å². The summed E-state index contributed by atoms with van der Waals surface area (Å²) in [6, 6.07) is 77.5. The van der Waals surface area contributed by atoms with E-state index in [-0.39, 0.29) is 0 Å². The van der Waals surface area contributed by atoms with Crippen LogP contribution in [0.1, 0.15) is 0 Å². The molecule has 4 heteroatoms. The standard InChI is InChI=1S/C55H36N2OS/c1-4-12-37(13-5-1)39-20-22-40(23-21-39)42-26-32-46(33-27-42)57(45-30-24-41(25-31-45)38-14-6-2-7-15-38)47-34-28-43(29-35-47)52-53-50(56-55(58-53)44-16-8-3-9-17-44)36-49-48-18-10-11-19-51(48)59-54(49)52/h1-36H. The Morgan fingerprint density at radius 2 is 0.780 bits per heavy atom. The van der Waals surface area contributed by atoms with Crippen LogP contribution in [0.5, 0.6) is 0 Å². The average Bonchev–Trinajstić information content (AvgIpc) is 3.92. The van der Waals surface area contributed by atoms with Crippen LogP contribution in [-0.4, -0.2) is 4.98 Å². The van der Waals surface area contributed by atoms with Crippen molar-refractivity contribution in [3.8, 4) is 56.0 Å². The largest absolute Gasteiger partial charge is 0.435 e. The predicted molar refractivity (Wildman–Crippen MR) is 249 cm³/mol. The molecule has 0 atom stereocenters. The number of aromatic nitrogens is 1. The van der Waals surface area contributed by atoms with E-state index >= 15 is 0 Å². The van der Waals surface area contributed by atoms with Crippen LogP contribution >= 0.6 is 11.3 Å². The number of thiophene rings is 1. The van der Waals surface area contributed by atoms with Gasteiger partial charge in [-0.1, -0.05) is 158 Å². The number of hydrogen-bond acceptors (Lipinski definition) is 4. The second-order valence-electron chi connectivity index (χ2n) is 14.7. The van der Waals surface area contributed by atoms with Crippen molar-refractivity contribution >= 4 is 59.7 Å². The minimum absolute atomic E-state index is 0.626. The Morgan fingerprint density at radius 1 is 0.373 bits per heavy atom. The second-order valence-corrected chi connectivity index (χ2v) is 15.8. The van der Waals surface area contributed by atoms with Gasteiger partial charge in [0.1, 0.15) is 5.52 Å². The first-order valence-corrected chi connectivity index (χ1v) is 20.7. The number of nitrogens with zero attached hydrogens (tertiary/aromatic N) is 2. The molecule has 0 fully saturated rings. The highest BCUT2D eigenvalue weighted by Crippen LogP contribution is 2.46.